The third-order valence-electron chi connectivity index (χ3n) is 5.76. The lowest BCUT2D eigenvalue weighted by atomic mass is 10.0. The third kappa shape index (κ3) is 4.52. The number of nitrogens with zero attached hydrogens (tertiary/aromatic N) is 3. The second-order valence-corrected chi connectivity index (χ2v) is 8.90. The summed E-state index contributed by atoms with van der Waals surface area (Å²) in [5.74, 6) is 0.175. The fourth-order valence-electron chi connectivity index (χ4n) is 4.06. The molecule has 2 heterocycles. The molecular formula is C25H28ClN3O3. The molecule has 2 aliphatic rings. The summed E-state index contributed by atoms with van der Waals surface area (Å²) in [7, 11) is 2.06. The van der Waals surface area contributed by atoms with Crippen LogP contribution in [0.5, 0.6) is 5.75 Å². The van der Waals surface area contributed by atoms with Crippen LogP contribution < -0.4 is 4.74 Å². The Kier molecular flexibility index (Phi) is 6.53. The van der Waals surface area contributed by atoms with Crippen molar-refractivity contribution in [1.29, 1.82) is 0 Å². The second kappa shape index (κ2) is 9.35. The highest BCUT2D eigenvalue weighted by Crippen LogP contribution is 2.34. The van der Waals surface area contributed by atoms with Crippen molar-refractivity contribution < 1.29 is 14.3 Å². The van der Waals surface area contributed by atoms with Gasteiger partial charge in [0.05, 0.1) is 18.2 Å². The van der Waals surface area contributed by atoms with Gasteiger partial charge < -0.3 is 14.5 Å². The Morgan fingerprint density at radius 2 is 1.59 bits per heavy atom. The van der Waals surface area contributed by atoms with Crippen molar-refractivity contribution in [2.75, 3.05) is 33.2 Å². The number of rotatable bonds is 6. The molecule has 2 amide bonds. The van der Waals surface area contributed by atoms with Gasteiger partial charge in [0.1, 0.15) is 11.4 Å². The molecule has 0 unspecified atom stereocenters. The molecule has 6 nitrogen and oxygen atoms in total. The maximum absolute atomic E-state index is 13.5. The lowest BCUT2D eigenvalue weighted by molar-refractivity contribution is -0.138. The summed E-state index contributed by atoms with van der Waals surface area (Å²) >= 11 is 6.32. The fraction of sp³-hybridized carbons (Fsp3) is 0.360. The van der Waals surface area contributed by atoms with Crippen LogP contribution >= 0.6 is 11.6 Å². The van der Waals surface area contributed by atoms with Gasteiger partial charge >= 0.3 is 0 Å². The first kappa shape index (κ1) is 22.4. The number of ether oxygens (including phenoxy) is 1. The molecule has 0 bridgehead atoms. The Morgan fingerprint density at radius 1 is 0.938 bits per heavy atom. The minimum atomic E-state index is -0.290. The number of hydrogen-bond donors (Lipinski definition) is 0. The van der Waals surface area contributed by atoms with Gasteiger partial charge in [-0.2, -0.15) is 0 Å². The van der Waals surface area contributed by atoms with E-state index < -0.39 is 0 Å². The summed E-state index contributed by atoms with van der Waals surface area (Å²) in [6.45, 7) is 7.15. The van der Waals surface area contributed by atoms with Gasteiger partial charge in [-0.25, -0.2) is 0 Å². The molecular weight excluding hydrogens is 426 g/mol. The Balaban J connectivity index is 1.70. The Morgan fingerprint density at radius 3 is 2.22 bits per heavy atom. The van der Waals surface area contributed by atoms with Crippen molar-refractivity contribution >= 4 is 29.0 Å². The predicted octanol–water partition coefficient (Wildman–Crippen LogP) is 3.65. The number of amides is 2. The number of carbonyl (C=O) groups is 2. The molecule has 2 aromatic rings. The normalized spacial score (nSPS) is 17.7. The van der Waals surface area contributed by atoms with E-state index in [1.807, 2.05) is 61.2 Å². The highest BCUT2D eigenvalue weighted by atomic mass is 35.5. The molecule has 0 spiro atoms. The van der Waals surface area contributed by atoms with Crippen LogP contribution in [0.2, 0.25) is 5.02 Å². The van der Waals surface area contributed by atoms with Crippen LogP contribution in [-0.2, 0) is 16.1 Å². The summed E-state index contributed by atoms with van der Waals surface area (Å²) in [4.78, 5) is 32.7. The van der Waals surface area contributed by atoms with Gasteiger partial charge in [-0.1, -0.05) is 41.9 Å². The van der Waals surface area contributed by atoms with Crippen LogP contribution in [0.15, 0.2) is 54.2 Å². The van der Waals surface area contributed by atoms with E-state index in [1.54, 1.807) is 6.07 Å². The molecule has 2 aromatic carbocycles. The summed E-state index contributed by atoms with van der Waals surface area (Å²) < 4.78 is 5.74. The lowest BCUT2D eigenvalue weighted by Crippen LogP contribution is -2.46. The van der Waals surface area contributed by atoms with E-state index in [0.717, 1.165) is 30.0 Å². The van der Waals surface area contributed by atoms with E-state index in [9.17, 15) is 9.59 Å². The summed E-state index contributed by atoms with van der Waals surface area (Å²) in [5, 5.41) is 0.540. The SMILES string of the molecule is CC(C)Oc1ccc(C2=C(N3CCN(C)CC3)C(=O)N(Cc3ccccc3Cl)C2=O)cc1. The molecule has 0 N–H and O–H groups in total. The van der Waals surface area contributed by atoms with Crippen LogP contribution in [0, 0.1) is 0 Å². The second-order valence-electron chi connectivity index (χ2n) is 8.49. The van der Waals surface area contributed by atoms with Gasteiger partial charge in [0.25, 0.3) is 11.8 Å². The van der Waals surface area contributed by atoms with Crippen molar-refractivity contribution in [3.63, 3.8) is 0 Å². The van der Waals surface area contributed by atoms with Crippen molar-refractivity contribution in [3.05, 3.63) is 70.4 Å². The molecule has 2 aliphatic heterocycles. The third-order valence-corrected chi connectivity index (χ3v) is 6.13. The van der Waals surface area contributed by atoms with E-state index in [-0.39, 0.29) is 24.5 Å². The largest absolute Gasteiger partial charge is 0.491 e. The summed E-state index contributed by atoms with van der Waals surface area (Å²) in [5.41, 5.74) is 2.39. The van der Waals surface area contributed by atoms with E-state index in [0.29, 0.717) is 29.4 Å². The Labute approximate surface area is 194 Å². The smallest absolute Gasteiger partial charge is 0.278 e. The summed E-state index contributed by atoms with van der Waals surface area (Å²) in [6, 6.07) is 14.7. The average Bonchev–Trinajstić information content (AvgIpc) is 3.01. The fourth-order valence-corrected chi connectivity index (χ4v) is 4.26. The number of carbonyl (C=O) groups excluding carboxylic acids is 2. The maximum Gasteiger partial charge on any atom is 0.278 e. The van der Waals surface area contributed by atoms with Gasteiger partial charge in [0.15, 0.2) is 0 Å². The number of likely N-dealkylation sites (N-methyl/N-ethyl adjacent to an activating group) is 1. The lowest BCUT2D eigenvalue weighted by Gasteiger charge is -2.34. The Hall–Kier alpha value is -2.83. The molecule has 1 fully saturated rings. The van der Waals surface area contributed by atoms with Crippen molar-refractivity contribution in [3.8, 4) is 5.75 Å². The van der Waals surface area contributed by atoms with Gasteiger partial charge in [-0.3, -0.25) is 14.5 Å². The molecule has 0 aromatic heterocycles. The first-order valence-corrected chi connectivity index (χ1v) is 11.3. The van der Waals surface area contributed by atoms with E-state index in [4.69, 9.17) is 16.3 Å². The number of piperazine rings is 1. The van der Waals surface area contributed by atoms with Crippen LogP contribution in [0.1, 0.15) is 25.0 Å². The standard InChI is InChI=1S/C25H28ClN3O3/c1-17(2)32-20-10-8-18(9-11-20)22-23(28-14-12-27(3)13-15-28)25(31)29(24(22)30)16-19-6-4-5-7-21(19)26/h4-11,17H,12-16H2,1-3H3. The monoisotopic (exact) mass is 453 g/mol. The number of benzene rings is 2. The van der Waals surface area contributed by atoms with Crippen molar-refractivity contribution in [2.24, 2.45) is 0 Å². The number of imide groups is 1. The van der Waals surface area contributed by atoms with Crippen LogP contribution in [-0.4, -0.2) is 65.8 Å². The van der Waals surface area contributed by atoms with E-state index in [1.165, 1.54) is 4.90 Å². The molecule has 7 heteroatoms. The highest BCUT2D eigenvalue weighted by Gasteiger charge is 2.42. The summed E-state index contributed by atoms with van der Waals surface area (Å²) in [6.07, 6.45) is 0.0572. The zero-order valence-corrected chi connectivity index (χ0v) is 19.4. The zero-order chi connectivity index (χ0) is 22.8. The number of hydrogen-bond acceptors (Lipinski definition) is 5. The molecule has 0 atom stereocenters. The topological polar surface area (TPSA) is 53.1 Å². The maximum atomic E-state index is 13.5. The van der Waals surface area contributed by atoms with Gasteiger partial charge in [0.2, 0.25) is 0 Å². The molecule has 32 heavy (non-hydrogen) atoms. The molecule has 168 valence electrons. The van der Waals surface area contributed by atoms with Gasteiger partial charge in [0, 0.05) is 31.2 Å². The van der Waals surface area contributed by atoms with Crippen LogP contribution in [0.25, 0.3) is 5.57 Å². The minimum Gasteiger partial charge on any atom is -0.491 e. The van der Waals surface area contributed by atoms with Crippen LogP contribution in [0.3, 0.4) is 0 Å². The highest BCUT2D eigenvalue weighted by molar-refractivity contribution is 6.35. The predicted molar refractivity (Wildman–Crippen MR) is 125 cm³/mol. The quantitative estimate of drug-likeness (QED) is 0.625. The molecule has 4 rings (SSSR count). The Bertz CT molecular complexity index is 1040. The molecule has 1 saturated heterocycles. The van der Waals surface area contributed by atoms with Gasteiger partial charge in [-0.05, 0) is 50.2 Å². The first-order chi connectivity index (χ1) is 15.3. The average molecular weight is 454 g/mol. The molecule has 0 radical (unpaired) electrons. The zero-order valence-electron chi connectivity index (χ0n) is 18.7. The van der Waals surface area contributed by atoms with E-state index in [2.05, 4.69) is 11.9 Å². The van der Waals surface area contributed by atoms with Crippen molar-refractivity contribution in [2.45, 2.75) is 26.5 Å². The van der Waals surface area contributed by atoms with Crippen LogP contribution in [0.4, 0.5) is 0 Å². The minimum absolute atomic E-state index is 0.0572. The molecule has 0 aliphatic carbocycles. The first-order valence-electron chi connectivity index (χ1n) is 10.9. The van der Waals surface area contributed by atoms with Gasteiger partial charge in [-0.15, -0.1) is 0 Å². The molecule has 0 saturated carbocycles. The van der Waals surface area contributed by atoms with Crippen molar-refractivity contribution in [1.82, 2.24) is 14.7 Å². The van der Waals surface area contributed by atoms with E-state index >= 15 is 0 Å². The number of halogens is 1.